The first-order chi connectivity index (χ1) is 8.56. The van der Waals surface area contributed by atoms with Crippen LogP contribution in [-0.2, 0) is 0 Å². The average Bonchev–Trinajstić information content (AvgIpc) is 2.35. The maximum absolute atomic E-state index is 12.6. The lowest BCUT2D eigenvalue weighted by atomic mass is 10.1. The molecule has 0 amide bonds. The zero-order valence-corrected chi connectivity index (χ0v) is 10.1. The summed E-state index contributed by atoms with van der Waals surface area (Å²) in [6.45, 7) is 3.89. The van der Waals surface area contributed by atoms with Crippen LogP contribution in [0.5, 0.6) is 5.75 Å². The number of ether oxygens (including phenoxy) is 1. The molecule has 0 saturated heterocycles. The Labute approximate surface area is 104 Å². The number of halogens is 1. The van der Waals surface area contributed by atoms with E-state index in [2.05, 4.69) is 4.98 Å². The topological polar surface area (TPSA) is 39.2 Å². The van der Waals surface area contributed by atoms with Gasteiger partial charge in [-0.3, -0.25) is 0 Å². The third-order valence-corrected chi connectivity index (χ3v) is 2.65. The van der Waals surface area contributed by atoms with Gasteiger partial charge in [-0.15, -0.1) is 0 Å². The Hall–Kier alpha value is -2.23. The Bertz CT molecular complexity index is 579. The maximum atomic E-state index is 12.6. The molecule has 1 aromatic carbocycles. The van der Waals surface area contributed by atoms with Crippen LogP contribution in [0.4, 0.5) is 4.39 Å². The second-order valence-electron chi connectivity index (χ2n) is 4.01. The van der Waals surface area contributed by atoms with E-state index in [0.29, 0.717) is 5.56 Å². The summed E-state index contributed by atoms with van der Waals surface area (Å²) in [5.74, 6) is -0.868. The molecule has 0 aliphatic carbocycles. The third kappa shape index (κ3) is 2.71. The molecule has 0 aliphatic rings. The Morgan fingerprint density at radius 3 is 2.56 bits per heavy atom. The third-order valence-electron chi connectivity index (χ3n) is 2.65. The summed E-state index contributed by atoms with van der Waals surface area (Å²) in [5.41, 5.74) is 2.58. The molecule has 1 aromatic heterocycles. The second-order valence-corrected chi connectivity index (χ2v) is 4.01. The standard InChI is InChI=1S/C14H12FNO2/c1-9-3-4-11(7-10(9)2)14(17)18-12-5-6-13(15)16-8-12/h3-8H,1-2H3. The Morgan fingerprint density at radius 1 is 1.17 bits per heavy atom. The van der Waals surface area contributed by atoms with E-state index >= 15 is 0 Å². The lowest BCUT2D eigenvalue weighted by molar-refractivity contribution is 0.0733. The van der Waals surface area contributed by atoms with Crippen molar-refractivity contribution in [3.63, 3.8) is 0 Å². The van der Waals surface area contributed by atoms with Gasteiger partial charge in [0.25, 0.3) is 0 Å². The van der Waals surface area contributed by atoms with Crippen molar-refractivity contribution < 1.29 is 13.9 Å². The molecule has 92 valence electrons. The summed E-state index contributed by atoms with van der Waals surface area (Å²) in [6.07, 6.45) is 1.17. The van der Waals surface area contributed by atoms with E-state index in [-0.39, 0.29) is 5.75 Å². The van der Waals surface area contributed by atoms with E-state index in [1.54, 1.807) is 12.1 Å². The fourth-order valence-electron chi connectivity index (χ4n) is 1.46. The van der Waals surface area contributed by atoms with Gasteiger partial charge in [0.05, 0.1) is 11.8 Å². The molecule has 0 unspecified atom stereocenters. The molecule has 0 saturated carbocycles. The van der Waals surface area contributed by atoms with Crippen LogP contribution in [0.3, 0.4) is 0 Å². The molecular weight excluding hydrogens is 233 g/mol. The molecule has 0 aliphatic heterocycles. The van der Waals surface area contributed by atoms with Crippen molar-refractivity contribution in [1.29, 1.82) is 0 Å². The summed E-state index contributed by atoms with van der Waals surface area (Å²) in [7, 11) is 0. The van der Waals surface area contributed by atoms with Crippen LogP contribution in [0.2, 0.25) is 0 Å². The summed E-state index contributed by atoms with van der Waals surface area (Å²) in [5, 5.41) is 0. The molecule has 1 heterocycles. The van der Waals surface area contributed by atoms with Crippen LogP contribution in [-0.4, -0.2) is 11.0 Å². The molecule has 2 rings (SSSR count). The molecule has 18 heavy (non-hydrogen) atoms. The van der Waals surface area contributed by atoms with Crippen LogP contribution >= 0.6 is 0 Å². The van der Waals surface area contributed by atoms with Crippen molar-refractivity contribution in [3.05, 3.63) is 59.2 Å². The van der Waals surface area contributed by atoms with Gasteiger partial charge in [0.1, 0.15) is 5.75 Å². The maximum Gasteiger partial charge on any atom is 0.343 e. The molecule has 4 heteroatoms. The first kappa shape index (κ1) is 12.2. The minimum Gasteiger partial charge on any atom is -0.421 e. The quantitative estimate of drug-likeness (QED) is 0.603. The molecule has 0 fully saturated rings. The molecule has 0 N–H and O–H groups in total. The van der Waals surface area contributed by atoms with Crippen molar-refractivity contribution in [3.8, 4) is 5.75 Å². The minimum atomic E-state index is -0.610. The monoisotopic (exact) mass is 245 g/mol. The van der Waals surface area contributed by atoms with Gasteiger partial charge in [-0.2, -0.15) is 4.39 Å². The van der Waals surface area contributed by atoms with Gasteiger partial charge in [0, 0.05) is 0 Å². The van der Waals surface area contributed by atoms with Gasteiger partial charge in [-0.25, -0.2) is 9.78 Å². The number of aryl methyl sites for hydroxylation is 2. The van der Waals surface area contributed by atoms with Gasteiger partial charge < -0.3 is 4.74 Å². The predicted octanol–water partition coefficient (Wildman–Crippen LogP) is 3.06. The number of esters is 1. The van der Waals surface area contributed by atoms with Gasteiger partial charge in [-0.1, -0.05) is 6.07 Å². The van der Waals surface area contributed by atoms with E-state index in [0.717, 1.165) is 17.2 Å². The zero-order chi connectivity index (χ0) is 13.1. The van der Waals surface area contributed by atoms with Crippen LogP contribution in [0.15, 0.2) is 36.5 Å². The van der Waals surface area contributed by atoms with Crippen LogP contribution in [0, 0.1) is 19.8 Å². The molecular formula is C14H12FNO2. The number of carbonyl (C=O) groups excluding carboxylic acids is 1. The predicted molar refractivity (Wildman–Crippen MR) is 65.1 cm³/mol. The van der Waals surface area contributed by atoms with Gasteiger partial charge in [-0.05, 0) is 49.2 Å². The normalized spacial score (nSPS) is 10.2. The number of hydrogen-bond donors (Lipinski definition) is 0. The molecule has 3 nitrogen and oxygen atoms in total. The van der Waals surface area contributed by atoms with E-state index in [1.165, 1.54) is 12.3 Å². The SMILES string of the molecule is Cc1ccc(C(=O)Oc2ccc(F)nc2)cc1C. The van der Waals surface area contributed by atoms with Gasteiger partial charge >= 0.3 is 5.97 Å². The van der Waals surface area contributed by atoms with Crippen LogP contribution in [0.25, 0.3) is 0 Å². The van der Waals surface area contributed by atoms with E-state index < -0.39 is 11.9 Å². The second kappa shape index (κ2) is 4.96. The Kier molecular flexibility index (Phi) is 3.37. The fraction of sp³-hybridized carbons (Fsp3) is 0.143. The molecule has 0 radical (unpaired) electrons. The highest BCUT2D eigenvalue weighted by Crippen LogP contribution is 2.14. The summed E-state index contributed by atoms with van der Waals surface area (Å²) < 4.78 is 17.7. The van der Waals surface area contributed by atoms with E-state index in [4.69, 9.17) is 4.74 Å². The van der Waals surface area contributed by atoms with Crippen molar-refractivity contribution in [2.45, 2.75) is 13.8 Å². The highest BCUT2D eigenvalue weighted by Gasteiger charge is 2.09. The number of benzene rings is 1. The van der Waals surface area contributed by atoms with Crippen LogP contribution < -0.4 is 4.74 Å². The first-order valence-electron chi connectivity index (χ1n) is 5.47. The smallest absolute Gasteiger partial charge is 0.343 e. The Morgan fingerprint density at radius 2 is 1.94 bits per heavy atom. The largest absolute Gasteiger partial charge is 0.421 e. The van der Waals surface area contributed by atoms with Crippen molar-refractivity contribution in [2.24, 2.45) is 0 Å². The number of carbonyl (C=O) groups is 1. The van der Waals surface area contributed by atoms with E-state index in [9.17, 15) is 9.18 Å². The lowest BCUT2D eigenvalue weighted by Gasteiger charge is -2.05. The highest BCUT2D eigenvalue weighted by atomic mass is 19.1. The summed E-state index contributed by atoms with van der Waals surface area (Å²) in [6, 6.07) is 7.81. The fourth-order valence-corrected chi connectivity index (χ4v) is 1.46. The number of nitrogens with zero attached hydrogens (tertiary/aromatic N) is 1. The minimum absolute atomic E-state index is 0.222. The lowest BCUT2D eigenvalue weighted by Crippen LogP contribution is -2.09. The van der Waals surface area contributed by atoms with Gasteiger partial charge in [0.15, 0.2) is 0 Å². The number of rotatable bonds is 2. The summed E-state index contributed by atoms with van der Waals surface area (Å²) in [4.78, 5) is 15.2. The van der Waals surface area contributed by atoms with E-state index in [1.807, 2.05) is 19.9 Å². The molecule has 2 aromatic rings. The number of aromatic nitrogens is 1. The summed E-state index contributed by atoms with van der Waals surface area (Å²) >= 11 is 0. The molecule has 0 atom stereocenters. The molecule has 0 spiro atoms. The van der Waals surface area contributed by atoms with Crippen molar-refractivity contribution in [1.82, 2.24) is 4.98 Å². The van der Waals surface area contributed by atoms with Gasteiger partial charge in [0.2, 0.25) is 5.95 Å². The number of hydrogen-bond acceptors (Lipinski definition) is 3. The zero-order valence-electron chi connectivity index (χ0n) is 10.1. The highest BCUT2D eigenvalue weighted by molar-refractivity contribution is 5.91. The molecule has 0 bridgehead atoms. The van der Waals surface area contributed by atoms with Crippen molar-refractivity contribution in [2.75, 3.05) is 0 Å². The number of pyridine rings is 1. The average molecular weight is 245 g/mol. The van der Waals surface area contributed by atoms with Crippen molar-refractivity contribution >= 4 is 5.97 Å². The first-order valence-corrected chi connectivity index (χ1v) is 5.47. The van der Waals surface area contributed by atoms with Crippen LogP contribution in [0.1, 0.15) is 21.5 Å². The Balaban J connectivity index is 2.16.